The van der Waals surface area contributed by atoms with E-state index in [0.717, 1.165) is 48.4 Å². The summed E-state index contributed by atoms with van der Waals surface area (Å²) in [4.78, 5) is 1.66. The van der Waals surface area contributed by atoms with Crippen molar-refractivity contribution in [3.05, 3.63) is 54.6 Å². The minimum atomic E-state index is 0.474. The third-order valence-corrected chi connectivity index (χ3v) is 5.36. The fourth-order valence-electron chi connectivity index (χ4n) is 2.93. The van der Waals surface area contributed by atoms with Gasteiger partial charge in [-0.3, -0.25) is 0 Å². The van der Waals surface area contributed by atoms with E-state index in [1.807, 2.05) is 54.6 Å². The van der Waals surface area contributed by atoms with Crippen molar-refractivity contribution in [2.45, 2.75) is 31.0 Å². The van der Waals surface area contributed by atoms with Crippen LogP contribution in [0.15, 0.2) is 64.2 Å². The average molecular weight is 423 g/mol. The third kappa shape index (κ3) is 5.04. The van der Waals surface area contributed by atoms with E-state index in [2.05, 4.69) is 25.6 Å². The van der Waals surface area contributed by atoms with Crippen molar-refractivity contribution in [2.24, 2.45) is 0 Å². The van der Waals surface area contributed by atoms with Gasteiger partial charge in [-0.05, 0) is 30.2 Å². The summed E-state index contributed by atoms with van der Waals surface area (Å²) in [6.07, 6.45) is 3.08. The van der Waals surface area contributed by atoms with Crippen LogP contribution in [0.2, 0.25) is 0 Å². The molecule has 2 heterocycles. The van der Waals surface area contributed by atoms with Crippen LogP contribution in [0.5, 0.6) is 5.75 Å². The number of tetrazole rings is 1. The molecule has 0 aliphatic carbocycles. The first kappa shape index (κ1) is 20.1. The van der Waals surface area contributed by atoms with Crippen molar-refractivity contribution >= 4 is 11.8 Å². The summed E-state index contributed by atoms with van der Waals surface area (Å²) in [7, 11) is 1.63. The van der Waals surface area contributed by atoms with Crippen LogP contribution in [0.4, 0.5) is 0 Å². The predicted octanol–water partition coefficient (Wildman–Crippen LogP) is 4.36. The summed E-state index contributed by atoms with van der Waals surface area (Å²) < 4.78 is 11.1. The Kier molecular flexibility index (Phi) is 6.71. The Labute approximate surface area is 178 Å². The molecule has 30 heavy (non-hydrogen) atoms. The molecule has 0 amide bonds. The van der Waals surface area contributed by atoms with Crippen molar-refractivity contribution in [1.29, 1.82) is 0 Å². The summed E-state index contributed by atoms with van der Waals surface area (Å²) in [5, 5.41) is 21.5. The van der Waals surface area contributed by atoms with E-state index in [1.165, 1.54) is 0 Å². The molecule has 0 spiro atoms. The van der Waals surface area contributed by atoms with E-state index < -0.39 is 0 Å². The average Bonchev–Trinajstić information content (AvgIpc) is 3.46. The summed E-state index contributed by atoms with van der Waals surface area (Å²) in [5.41, 5.74) is 1.78. The van der Waals surface area contributed by atoms with Crippen LogP contribution in [0.25, 0.3) is 22.8 Å². The maximum absolute atomic E-state index is 5.76. The highest BCUT2D eigenvalue weighted by Crippen LogP contribution is 2.30. The van der Waals surface area contributed by atoms with Gasteiger partial charge in [0.05, 0.1) is 19.2 Å². The highest BCUT2D eigenvalue weighted by molar-refractivity contribution is 7.99. The predicted molar refractivity (Wildman–Crippen MR) is 114 cm³/mol. The summed E-state index contributed by atoms with van der Waals surface area (Å²) in [6, 6.07) is 17.5. The van der Waals surface area contributed by atoms with Gasteiger partial charge < -0.3 is 9.15 Å². The van der Waals surface area contributed by atoms with Gasteiger partial charge in [-0.2, -0.15) is 4.80 Å². The van der Waals surface area contributed by atoms with Gasteiger partial charge in [-0.25, -0.2) is 0 Å². The van der Waals surface area contributed by atoms with Crippen molar-refractivity contribution in [1.82, 2.24) is 30.4 Å². The number of ether oxygens (including phenoxy) is 1. The number of aryl methyl sites for hydroxylation is 1. The maximum Gasteiger partial charge on any atom is 0.276 e. The summed E-state index contributed by atoms with van der Waals surface area (Å²) in [5.74, 6) is 2.76. The molecule has 9 heteroatoms. The SMILES string of the molecule is COc1ccccc1-c1nnc(SCCCCCn2nnc(-c3ccccc3)n2)o1. The lowest BCUT2D eigenvalue weighted by molar-refractivity contribution is 0.411. The van der Waals surface area contributed by atoms with E-state index in [4.69, 9.17) is 9.15 Å². The standard InChI is InChI=1S/C21H22N6O2S/c1-28-18-13-7-6-12-17(18)20-23-24-21(29-20)30-15-9-3-8-14-27-25-19(22-26-27)16-10-4-2-5-11-16/h2,4-7,10-13H,3,8-9,14-15H2,1H3. The number of benzene rings is 2. The Morgan fingerprint density at radius 3 is 2.63 bits per heavy atom. The molecule has 0 unspecified atom stereocenters. The van der Waals surface area contributed by atoms with Crippen molar-refractivity contribution < 1.29 is 9.15 Å². The molecule has 0 aliphatic rings. The van der Waals surface area contributed by atoms with Crippen molar-refractivity contribution in [2.75, 3.05) is 12.9 Å². The highest BCUT2D eigenvalue weighted by atomic mass is 32.2. The van der Waals surface area contributed by atoms with E-state index in [9.17, 15) is 0 Å². The number of thioether (sulfide) groups is 1. The Balaban J connectivity index is 1.19. The molecule has 0 atom stereocenters. The Morgan fingerprint density at radius 1 is 0.933 bits per heavy atom. The number of nitrogens with zero attached hydrogens (tertiary/aromatic N) is 6. The molecule has 2 aromatic carbocycles. The first-order valence-electron chi connectivity index (χ1n) is 9.76. The molecule has 4 aromatic rings. The molecule has 0 N–H and O–H groups in total. The lowest BCUT2D eigenvalue weighted by Crippen LogP contribution is -2.02. The van der Waals surface area contributed by atoms with Gasteiger partial charge in [0.25, 0.3) is 11.1 Å². The van der Waals surface area contributed by atoms with Crippen LogP contribution < -0.4 is 4.74 Å². The molecule has 0 aliphatic heterocycles. The number of para-hydroxylation sites is 1. The number of aromatic nitrogens is 6. The number of methoxy groups -OCH3 is 1. The van der Waals surface area contributed by atoms with Crippen LogP contribution in [0.3, 0.4) is 0 Å². The van der Waals surface area contributed by atoms with Gasteiger partial charge in [-0.15, -0.1) is 20.4 Å². The molecule has 4 rings (SSSR count). The van der Waals surface area contributed by atoms with Gasteiger partial charge in [0, 0.05) is 11.3 Å². The Hall–Kier alpha value is -3.20. The lowest BCUT2D eigenvalue weighted by Gasteiger charge is -2.03. The largest absolute Gasteiger partial charge is 0.496 e. The van der Waals surface area contributed by atoms with Crippen molar-refractivity contribution in [3.8, 4) is 28.6 Å². The number of hydrogen-bond donors (Lipinski definition) is 0. The molecule has 0 saturated carbocycles. The van der Waals surface area contributed by atoms with Gasteiger partial charge in [-0.1, -0.05) is 60.6 Å². The molecule has 154 valence electrons. The second-order valence-corrected chi connectivity index (χ2v) is 7.60. The third-order valence-electron chi connectivity index (χ3n) is 4.46. The second-order valence-electron chi connectivity index (χ2n) is 6.56. The normalized spacial score (nSPS) is 11.0. The number of unbranched alkanes of at least 4 members (excludes halogenated alkanes) is 2. The summed E-state index contributed by atoms with van der Waals surface area (Å²) in [6.45, 7) is 0.753. The zero-order valence-corrected chi connectivity index (χ0v) is 17.5. The van der Waals surface area contributed by atoms with Crippen molar-refractivity contribution in [3.63, 3.8) is 0 Å². The van der Waals surface area contributed by atoms with Crippen LogP contribution in [0, 0.1) is 0 Å². The molecular weight excluding hydrogens is 400 g/mol. The number of hydrogen-bond acceptors (Lipinski definition) is 8. The Bertz CT molecular complexity index is 1070. The molecular formula is C21H22N6O2S. The highest BCUT2D eigenvalue weighted by Gasteiger charge is 2.13. The van der Waals surface area contributed by atoms with Gasteiger partial charge in [0.1, 0.15) is 5.75 Å². The molecule has 0 fully saturated rings. The molecule has 0 radical (unpaired) electrons. The van der Waals surface area contributed by atoms with E-state index >= 15 is 0 Å². The minimum Gasteiger partial charge on any atom is -0.496 e. The van der Waals surface area contributed by atoms with Crippen LogP contribution >= 0.6 is 11.8 Å². The van der Waals surface area contributed by atoms with Gasteiger partial charge in [0.15, 0.2) is 0 Å². The first-order chi connectivity index (χ1) is 14.8. The van der Waals surface area contributed by atoms with E-state index in [0.29, 0.717) is 16.9 Å². The van der Waals surface area contributed by atoms with E-state index in [1.54, 1.807) is 23.7 Å². The van der Waals surface area contributed by atoms with Gasteiger partial charge in [0.2, 0.25) is 5.82 Å². The fourth-order valence-corrected chi connectivity index (χ4v) is 3.69. The second kappa shape index (κ2) is 10.0. The minimum absolute atomic E-state index is 0.474. The molecule has 8 nitrogen and oxygen atoms in total. The van der Waals surface area contributed by atoms with Crippen LogP contribution in [-0.4, -0.2) is 43.3 Å². The van der Waals surface area contributed by atoms with Gasteiger partial charge >= 0.3 is 0 Å². The number of rotatable bonds is 10. The lowest BCUT2D eigenvalue weighted by atomic mass is 10.2. The van der Waals surface area contributed by atoms with Crippen LogP contribution in [0.1, 0.15) is 19.3 Å². The maximum atomic E-state index is 5.76. The molecule has 2 aromatic heterocycles. The zero-order chi connectivity index (χ0) is 20.6. The fraction of sp³-hybridized carbons (Fsp3) is 0.286. The molecule has 0 bridgehead atoms. The topological polar surface area (TPSA) is 91.8 Å². The van der Waals surface area contributed by atoms with E-state index in [-0.39, 0.29) is 0 Å². The smallest absolute Gasteiger partial charge is 0.276 e. The zero-order valence-electron chi connectivity index (χ0n) is 16.6. The monoisotopic (exact) mass is 422 g/mol. The quantitative estimate of drug-likeness (QED) is 0.275. The molecule has 0 saturated heterocycles. The summed E-state index contributed by atoms with van der Waals surface area (Å²) >= 11 is 1.57. The van der Waals surface area contributed by atoms with Crippen LogP contribution in [-0.2, 0) is 6.54 Å². The Morgan fingerprint density at radius 2 is 1.77 bits per heavy atom. The first-order valence-corrected chi connectivity index (χ1v) is 10.7.